The van der Waals surface area contributed by atoms with Crippen molar-refractivity contribution in [2.75, 3.05) is 13.1 Å². The van der Waals surface area contributed by atoms with E-state index in [1.54, 1.807) is 12.1 Å². The fraction of sp³-hybridized carbons (Fsp3) is 0.231. The number of benzene rings is 1. The molecule has 2 aromatic rings. The Morgan fingerprint density at radius 2 is 2.05 bits per heavy atom. The molecular weight excluding hydrogens is 269 g/mol. The molecule has 6 heteroatoms. The first-order chi connectivity index (χ1) is 9.04. The molecule has 1 N–H and O–H groups in total. The van der Waals surface area contributed by atoms with Crippen LogP contribution in [0.5, 0.6) is 0 Å². The van der Waals surface area contributed by atoms with Crippen LogP contribution >= 0.6 is 11.3 Å². The molecule has 1 aromatic carbocycles. The normalized spacial score (nSPS) is 15.5. The first kappa shape index (κ1) is 12.1. The Hall–Kier alpha value is -1.95. The quantitative estimate of drug-likeness (QED) is 0.916. The Bertz CT molecular complexity index is 676. The molecule has 3 rings (SSSR count). The van der Waals surface area contributed by atoms with Crippen molar-refractivity contribution < 1.29 is 19.1 Å². The number of likely N-dealkylation sites (tertiary alicyclic amines) is 1. The molecule has 4 nitrogen and oxygen atoms in total. The molecular formula is C13H10FNO3S. The van der Waals surface area contributed by atoms with Crippen LogP contribution < -0.4 is 0 Å². The highest BCUT2D eigenvalue weighted by Crippen LogP contribution is 2.29. The van der Waals surface area contributed by atoms with E-state index in [9.17, 15) is 14.0 Å². The molecule has 0 bridgehead atoms. The molecule has 0 radical (unpaired) electrons. The largest absolute Gasteiger partial charge is 0.481 e. The van der Waals surface area contributed by atoms with Crippen molar-refractivity contribution in [3.63, 3.8) is 0 Å². The number of carbonyl (C=O) groups is 2. The van der Waals surface area contributed by atoms with Gasteiger partial charge in [0.05, 0.1) is 10.8 Å². The molecule has 1 fully saturated rings. The van der Waals surface area contributed by atoms with Gasteiger partial charge < -0.3 is 10.0 Å². The van der Waals surface area contributed by atoms with Gasteiger partial charge in [0.1, 0.15) is 5.82 Å². The van der Waals surface area contributed by atoms with Gasteiger partial charge in [-0.1, -0.05) is 0 Å². The number of thiophene rings is 1. The van der Waals surface area contributed by atoms with E-state index in [1.807, 2.05) is 0 Å². The van der Waals surface area contributed by atoms with Gasteiger partial charge in [0.15, 0.2) is 0 Å². The number of hydrogen-bond acceptors (Lipinski definition) is 3. The molecule has 2 heterocycles. The third-order valence-corrected chi connectivity index (χ3v) is 4.31. The van der Waals surface area contributed by atoms with Crippen LogP contribution in [0.25, 0.3) is 10.1 Å². The summed E-state index contributed by atoms with van der Waals surface area (Å²) < 4.78 is 13.9. The van der Waals surface area contributed by atoms with Gasteiger partial charge in [-0.25, -0.2) is 4.39 Å². The molecule has 0 atom stereocenters. The van der Waals surface area contributed by atoms with E-state index < -0.39 is 11.9 Å². The highest BCUT2D eigenvalue weighted by molar-refractivity contribution is 7.20. The molecule has 0 unspecified atom stereocenters. The minimum atomic E-state index is -0.873. The third-order valence-electron chi connectivity index (χ3n) is 3.21. The van der Waals surface area contributed by atoms with E-state index in [1.165, 1.54) is 28.4 Å². The average molecular weight is 279 g/mol. The van der Waals surface area contributed by atoms with Crippen molar-refractivity contribution in [3.8, 4) is 0 Å². The van der Waals surface area contributed by atoms with Crippen molar-refractivity contribution in [1.29, 1.82) is 0 Å². The second kappa shape index (κ2) is 4.31. The fourth-order valence-electron chi connectivity index (χ4n) is 2.08. The SMILES string of the molecule is O=C(O)C1CN(C(=O)c2cc3cc(F)ccc3s2)C1. The highest BCUT2D eigenvalue weighted by atomic mass is 32.1. The van der Waals surface area contributed by atoms with Gasteiger partial charge in [0.2, 0.25) is 0 Å². The lowest BCUT2D eigenvalue weighted by Crippen LogP contribution is -2.52. The van der Waals surface area contributed by atoms with Crippen LogP contribution in [0.15, 0.2) is 24.3 Å². The second-order valence-electron chi connectivity index (χ2n) is 4.54. The lowest BCUT2D eigenvalue weighted by molar-refractivity contribution is -0.146. The first-order valence-corrected chi connectivity index (χ1v) is 6.57. The van der Waals surface area contributed by atoms with Gasteiger partial charge in [0.25, 0.3) is 5.91 Å². The summed E-state index contributed by atoms with van der Waals surface area (Å²) >= 11 is 1.30. The number of halogens is 1. The predicted molar refractivity (Wildman–Crippen MR) is 68.8 cm³/mol. The summed E-state index contributed by atoms with van der Waals surface area (Å²) in [6.07, 6.45) is 0. The Kier molecular flexibility index (Phi) is 2.74. The Labute approximate surface area is 112 Å². The van der Waals surface area contributed by atoms with Crippen LogP contribution in [0.4, 0.5) is 4.39 Å². The van der Waals surface area contributed by atoms with Gasteiger partial charge >= 0.3 is 5.97 Å². The molecule has 0 saturated carbocycles. The van der Waals surface area contributed by atoms with Gasteiger partial charge in [-0.15, -0.1) is 11.3 Å². The van der Waals surface area contributed by atoms with Crippen LogP contribution in [0.1, 0.15) is 9.67 Å². The number of aliphatic carboxylic acids is 1. The zero-order valence-corrected chi connectivity index (χ0v) is 10.6. The summed E-state index contributed by atoms with van der Waals surface area (Å²) in [5.74, 6) is -1.85. The van der Waals surface area contributed by atoms with Crippen molar-refractivity contribution in [3.05, 3.63) is 35.0 Å². The van der Waals surface area contributed by atoms with E-state index in [0.29, 0.717) is 10.3 Å². The third kappa shape index (κ3) is 2.08. The lowest BCUT2D eigenvalue weighted by atomic mass is 10.0. The number of carboxylic acids is 1. The molecule has 0 aliphatic carbocycles. The number of rotatable bonds is 2. The molecule has 1 aliphatic rings. The molecule has 0 spiro atoms. The van der Waals surface area contributed by atoms with Gasteiger partial charge in [-0.2, -0.15) is 0 Å². The Morgan fingerprint density at radius 1 is 1.32 bits per heavy atom. The fourth-order valence-corrected chi connectivity index (χ4v) is 3.09. The molecule has 19 heavy (non-hydrogen) atoms. The summed E-state index contributed by atoms with van der Waals surface area (Å²) in [4.78, 5) is 24.8. The molecule has 1 aromatic heterocycles. The Morgan fingerprint density at radius 3 is 2.74 bits per heavy atom. The number of nitrogens with zero attached hydrogens (tertiary/aromatic N) is 1. The van der Waals surface area contributed by atoms with Crippen LogP contribution in [-0.4, -0.2) is 35.0 Å². The molecule has 1 saturated heterocycles. The monoisotopic (exact) mass is 279 g/mol. The highest BCUT2D eigenvalue weighted by Gasteiger charge is 2.36. The zero-order valence-electron chi connectivity index (χ0n) is 9.80. The Balaban J connectivity index is 1.81. The van der Waals surface area contributed by atoms with E-state index in [4.69, 9.17) is 5.11 Å². The maximum Gasteiger partial charge on any atom is 0.310 e. The van der Waals surface area contributed by atoms with E-state index >= 15 is 0 Å². The summed E-state index contributed by atoms with van der Waals surface area (Å²) in [5.41, 5.74) is 0. The number of carbonyl (C=O) groups excluding carboxylic acids is 1. The summed E-state index contributed by atoms with van der Waals surface area (Å²) in [5, 5.41) is 9.47. The predicted octanol–water partition coefficient (Wildman–Crippen LogP) is 2.20. The standard InChI is InChI=1S/C13H10FNO3S/c14-9-1-2-10-7(3-9)4-11(19-10)12(16)15-5-8(6-15)13(17)18/h1-4,8H,5-6H2,(H,17,18). The van der Waals surface area contributed by atoms with Crippen LogP contribution in [0.3, 0.4) is 0 Å². The van der Waals surface area contributed by atoms with Crippen molar-refractivity contribution in [1.82, 2.24) is 4.90 Å². The minimum Gasteiger partial charge on any atom is -0.481 e. The van der Waals surface area contributed by atoms with Crippen LogP contribution in [-0.2, 0) is 4.79 Å². The summed E-state index contributed by atoms with van der Waals surface area (Å²) in [7, 11) is 0. The first-order valence-electron chi connectivity index (χ1n) is 5.76. The number of amides is 1. The number of carboxylic acid groups (broad SMARTS) is 1. The minimum absolute atomic E-state index is 0.181. The summed E-state index contributed by atoms with van der Waals surface area (Å²) in [6.45, 7) is 0.494. The second-order valence-corrected chi connectivity index (χ2v) is 5.62. The number of hydrogen-bond donors (Lipinski definition) is 1. The molecule has 98 valence electrons. The smallest absolute Gasteiger partial charge is 0.310 e. The van der Waals surface area contributed by atoms with Gasteiger partial charge in [-0.05, 0) is 29.7 Å². The molecule has 1 aliphatic heterocycles. The topological polar surface area (TPSA) is 57.6 Å². The van der Waals surface area contributed by atoms with Crippen LogP contribution in [0.2, 0.25) is 0 Å². The van der Waals surface area contributed by atoms with Crippen molar-refractivity contribution in [2.45, 2.75) is 0 Å². The lowest BCUT2D eigenvalue weighted by Gasteiger charge is -2.36. The summed E-state index contributed by atoms with van der Waals surface area (Å²) in [6, 6.07) is 6.04. The van der Waals surface area contributed by atoms with E-state index in [-0.39, 0.29) is 24.8 Å². The van der Waals surface area contributed by atoms with Gasteiger partial charge in [-0.3, -0.25) is 9.59 Å². The van der Waals surface area contributed by atoms with Crippen LogP contribution in [0, 0.1) is 11.7 Å². The average Bonchev–Trinajstić information content (AvgIpc) is 2.68. The van der Waals surface area contributed by atoms with Gasteiger partial charge in [0, 0.05) is 17.8 Å². The zero-order chi connectivity index (χ0) is 13.6. The van der Waals surface area contributed by atoms with E-state index in [0.717, 1.165) is 4.70 Å². The number of fused-ring (bicyclic) bond motifs is 1. The maximum absolute atomic E-state index is 13.1. The maximum atomic E-state index is 13.1. The van der Waals surface area contributed by atoms with Crippen molar-refractivity contribution >= 4 is 33.3 Å². The van der Waals surface area contributed by atoms with E-state index in [2.05, 4.69) is 0 Å². The molecule has 1 amide bonds. The van der Waals surface area contributed by atoms with Crippen molar-refractivity contribution in [2.24, 2.45) is 5.92 Å².